The number of H-pyrrole nitrogens is 1. The van der Waals surface area contributed by atoms with Crippen LogP contribution in [0.15, 0.2) is 15.7 Å². The Hall–Kier alpha value is -1.84. The minimum atomic E-state index is -4.83. The molecule has 0 radical (unpaired) electrons. The van der Waals surface area contributed by atoms with E-state index >= 15 is 0 Å². The van der Waals surface area contributed by atoms with Crippen molar-refractivity contribution in [1.29, 1.82) is 5.26 Å². The smallest absolute Gasteiger partial charge is 0.387 e. The third kappa shape index (κ3) is 3.74. The number of ether oxygens (including phenoxy) is 1. The molecule has 2 heterocycles. The molecule has 4 atom stereocenters. The largest absolute Gasteiger partial charge is 0.469 e. The highest BCUT2D eigenvalue weighted by Gasteiger charge is 2.45. The van der Waals surface area contributed by atoms with Gasteiger partial charge in [0.15, 0.2) is 6.23 Å². The molecule has 126 valence electrons. The van der Waals surface area contributed by atoms with E-state index in [-0.39, 0.29) is 0 Å². The van der Waals surface area contributed by atoms with Crippen LogP contribution in [0.1, 0.15) is 11.9 Å². The molecule has 0 aliphatic carbocycles. The summed E-state index contributed by atoms with van der Waals surface area (Å²) >= 11 is 0. The maximum atomic E-state index is 11.8. The number of phosphoric ester groups is 1. The zero-order valence-electron chi connectivity index (χ0n) is 11.3. The van der Waals surface area contributed by atoms with Gasteiger partial charge in [-0.15, -0.1) is 0 Å². The van der Waals surface area contributed by atoms with Crippen molar-refractivity contribution >= 4 is 7.82 Å². The molecule has 5 N–H and O–H groups in total. The van der Waals surface area contributed by atoms with Gasteiger partial charge >= 0.3 is 13.5 Å². The molecule has 23 heavy (non-hydrogen) atoms. The molecule has 1 aromatic heterocycles. The number of aromatic amines is 1. The molecule has 12 nitrogen and oxygen atoms in total. The normalized spacial score (nSPS) is 27.8. The average molecular weight is 349 g/mol. The zero-order valence-corrected chi connectivity index (χ0v) is 12.2. The number of nitrogens with one attached hydrogen (secondary N) is 1. The van der Waals surface area contributed by atoms with Crippen LogP contribution in [0, 0.1) is 11.3 Å². The second kappa shape index (κ2) is 6.34. The molecule has 0 amide bonds. The number of nitrogens with zero attached hydrogens (tertiary/aromatic N) is 2. The van der Waals surface area contributed by atoms with Crippen molar-refractivity contribution in [2.45, 2.75) is 24.5 Å². The zero-order chi connectivity index (χ0) is 17.4. The summed E-state index contributed by atoms with van der Waals surface area (Å²) in [5.41, 5.74) is -2.31. The van der Waals surface area contributed by atoms with Crippen LogP contribution < -0.4 is 11.2 Å². The molecule has 0 saturated carbocycles. The van der Waals surface area contributed by atoms with Crippen LogP contribution in [0.2, 0.25) is 0 Å². The molecule has 0 aromatic carbocycles. The van der Waals surface area contributed by atoms with E-state index in [1.165, 1.54) is 0 Å². The summed E-state index contributed by atoms with van der Waals surface area (Å²) in [5.74, 6) is 0. The van der Waals surface area contributed by atoms with Crippen LogP contribution in [0.5, 0.6) is 0 Å². The van der Waals surface area contributed by atoms with Gasteiger partial charge < -0.3 is 24.7 Å². The summed E-state index contributed by atoms with van der Waals surface area (Å²) in [6.07, 6.45) is -6.25. The molecule has 1 aromatic rings. The number of phosphoric acid groups is 1. The standard InChI is InChI=1S/C10H12N3O9P/c11-2-4-1-6(14)12-10(17)13(4)9-8(16)7(15)5(22-9)3-21-23(18,19)20/h1,5,7-9,15-16H,3H2,(H,12,14,17)(H2,18,19,20)/t5-,7+,8?,9-/m1/s1. The maximum Gasteiger partial charge on any atom is 0.469 e. The van der Waals surface area contributed by atoms with Crippen molar-refractivity contribution in [3.63, 3.8) is 0 Å². The minimum absolute atomic E-state index is 0.424. The van der Waals surface area contributed by atoms with E-state index in [0.29, 0.717) is 4.57 Å². The first-order chi connectivity index (χ1) is 10.6. The van der Waals surface area contributed by atoms with Gasteiger partial charge in [0.25, 0.3) is 5.56 Å². The lowest BCUT2D eigenvalue weighted by Gasteiger charge is -2.18. The SMILES string of the molecule is N#Cc1cc(=O)[nH]c(=O)n1[C@@H]1O[C@H](COP(=O)(O)O)[C@H](O)C1O. The highest BCUT2D eigenvalue weighted by atomic mass is 31.2. The highest BCUT2D eigenvalue weighted by Crippen LogP contribution is 2.38. The van der Waals surface area contributed by atoms with Crippen molar-refractivity contribution < 1.29 is 33.8 Å². The summed E-state index contributed by atoms with van der Waals surface area (Å²) < 4.78 is 20.6. The molecule has 13 heteroatoms. The number of aliphatic hydroxyl groups excluding tert-OH is 2. The number of rotatable bonds is 4. The summed E-state index contributed by atoms with van der Waals surface area (Å²) in [7, 11) is -4.83. The molecular formula is C10H12N3O9P. The number of hydrogen-bond acceptors (Lipinski definition) is 8. The Morgan fingerprint density at radius 2 is 2.04 bits per heavy atom. The first-order valence-corrected chi connectivity index (χ1v) is 7.64. The Labute approximate surface area is 127 Å². The Kier molecular flexibility index (Phi) is 4.83. The van der Waals surface area contributed by atoms with Gasteiger partial charge in [-0.05, 0) is 0 Å². The number of aliphatic hydroxyl groups is 2. The van der Waals surface area contributed by atoms with Crippen LogP contribution in [0.4, 0.5) is 0 Å². The topological polar surface area (TPSA) is 195 Å². The molecule has 0 bridgehead atoms. The second-order valence-corrected chi connectivity index (χ2v) is 5.88. The summed E-state index contributed by atoms with van der Waals surface area (Å²) in [6.45, 7) is -0.765. The fourth-order valence-corrected chi connectivity index (χ4v) is 2.44. The molecule has 1 unspecified atom stereocenters. The van der Waals surface area contributed by atoms with Gasteiger partial charge in [-0.1, -0.05) is 0 Å². The fraction of sp³-hybridized carbons (Fsp3) is 0.500. The van der Waals surface area contributed by atoms with Crippen molar-refractivity contribution in [3.05, 3.63) is 32.6 Å². The summed E-state index contributed by atoms with van der Waals surface area (Å²) in [5, 5.41) is 28.7. The van der Waals surface area contributed by atoms with Crippen LogP contribution in [-0.4, -0.2) is 54.5 Å². The van der Waals surface area contributed by atoms with Gasteiger partial charge in [0, 0.05) is 6.07 Å². The number of nitriles is 1. The van der Waals surface area contributed by atoms with Gasteiger partial charge in [0.05, 0.1) is 6.61 Å². The van der Waals surface area contributed by atoms with E-state index in [4.69, 9.17) is 19.8 Å². The molecule has 1 aliphatic heterocycles. The molecular weight excluding hydrogens is 337 g/mol. The summed E-state index contributed by atoms with van der Waals surface area (Å²) in [6, 6.07) is 2.37. The first kappa shape index (κ1) is 17.5. The van der Waals surface area contributed by atoms with E-state index < -0.39 is 55.9 Å². The predicted molar refractivity (Wildman–Crippen MR) is 70.0 cm³/mol. The van der Waals surface area contributed by atoms with Gasteiger partial charge in [-0.2, -0.15) is 5.26 Å². The van der Waals surface area contributed by atoms with Crippen LogP contribution in [0.25, 0.3) is 0 Å². The van der Waals surface area contributed by atoms with E-state index in [1.54, 1.807) is 6.07 Å². The minimum Gasteiger partial charge on any atom is -0.387 e. The molecule has 1 fully saturated rings. The first-order valence-electron chi connectivity index (χ1n) is 6.11. The number of hydrogen-bond donors (Lipinski definition) is 5. The maximum absolute atomic E-state index is 11.8. The van der Waals surface area contributed by atoms with Crippen LogP contribution in [-0.2, 0) is 13.8 Å². The third-order valence-corrected chi connectivity index (χ3v) is 3.57. The Morgan fingerprint density at radius 3 is 2.61 bits per heavy atom. The fourth-order valence-electron chi connectivity index (χ4n) is 2.09. The molecule has 1 aliphatic rings. The molecule has 0 spiro atoms. The Bertz CT molecular complexity index is 790. The lowest BCUT2D eigenvalue weighted by Crippen LogP contribution is -2.39. The quantitative estimate of drug-likeness (QED) is 0.353. The van der Waals surface area contributed by atoms with Crippen molar-refractivity contribution in [2.24, 2.45) is 0 Å². The lowest BCUT2D eigenvalue weighted by atomic mass is 10.1. The monoisotopic (exact) mass is 349 g/mol. The van der Waals surface area contributed by atoms with Crippen molar-refractivity contribution in [2.75, 3.05) is 6.61 Å². The highest BCUT2D eigenvalue weighted by molar-refractivity contribution is 7.46. The lowest BCUT2D eigenvalue weighted by molar-refractivity contribution is -0.0547. The van der Waals surface area contributed by atoms with Gasteiger partial charge in [-0.25, -0.2) is 9.36 Å². The van der Waals surface area contributed by atoms with Crippen molar-refractivity contribution in [1.82, 2.24) is 9.55 Å². The second-order valence-electron chi connectivity index (χ2n) is 4.64. The Balaban J connectivity index is 2.32. The van der Waals surface area contributed by atoms with Gasteiger partial charge in [0.1, 0.15) is 30.1 Å². The number of aromatic nitrogens is 2. The van der Waals surface area contributed by atoms with Crippen molar-refractivity contribution in [3.8, 4) is 6.07 Å². The van der Waals surface area contributed by atoms with Crippen LogP contribution in [0.3, 0.4) is 0 Å². The van der Waals surface area contributed by atoms with Gasteiger partial charge in [0.2, 0.25) is 0 Å². The Morgan fingerprint density at radius 1 is 1.39 bits per heavy atom. The van der Waals surface area contributed by atoms with E-state index in [0.717, 1.165) is 6.07 Å². The molecule has 2 rings (SSSR count). The van der Waals surface area contributed by atoms with E-state index in [2.05, 4.69) is 4.52 Å². The third-order valence-electron chi connectivity index (χ3n) is 3.09. The van der Waals surface area contributed by atoms with Gasteiger partial charge in [-0.3, -0.25) is 18.9 Å². The van der Waals surface area contributed by atoms with Crippen LogP contribution >= 0.6 is 7.82 Å². The molecule has 1 saturated heterocycles. The van der Waals surface area contributed by atoms with E-state index in [9.17, 15) is 24.4 Å². The van der Waals surface area contributed by atoms with E-state index in [1.807, 2.05) is 4.98 Å². The predicted octanol–water partition coefficient (Wildman–Crippen LogP) is -2.86. The average Bonchev–Trinajstić information content (AvgIpc) is 2.71. The summed E-state index contributed by atoms with van der Waals surface area (Å²) in [4.78, 5) is 42.1.